The number of thiophene rings is 1. The predicted octanol–water partition coefficient (Wildman–Crippen LogP) is 2.82. The Hall–Kier alpha value is -2.01. The molecular formula is C15H19N3OS. The van der Waals surface area contributed by atoms with Gasteiger partial charge in [0, 0.05) is 28.2 Å². The smallest absolute Gasteiger partial charge is 0.250 e. The molecule has 5 heteroatoms. The first-order valence-corrected chi connectivity index (χ1v) is 7.25. The van der Waals surface area contributed by atoms with Crippen LogP contribution in [0, 0.1) is 0 Å². The standard InChI is InChI=1S/C15H19N3OS/c1-15(2,13-4-3-7-20-13)9-18-12-8-10(16)5-6-11(12)14(17)19/h3-8,18H,9,16H2,1-2H3,(H2,17,19). The molecule has 0 aliphatic heterocycles. The summed E-state index contributed by atoms with van der Waals surface area (Å²) in [6.07, 6.45) is 0. The third kappa shape index (κ3) is 3.11. The predicted molar refractivity (Wildman–Crippen MR) is 85.2 cm³/mol. The van der Waals surface area contributed by atoms with Gasteiger partial charge in [0.2, 0.25) is 0 Å². The Balaban J connectivity index is 2.19. The van der Waals surface area contributed by atoms with Crippen LogP contribution in [0.2, 0.25) is 0 Å². The molecular weight excluding hydrogens is 270 g/mol. The van der Waals surface area contributed by atoms with Gasteiger partial charge in [0.15, 0.2) is 0 Å². The lowest BCUT2D eigenvalue weighted by Gasteiger charge is -2.25. The minimum Gasteiger partial charge on any atom is -0.399 e. The van der Waals surface area contributed by atoms with E-state index >= 15 is 0 Å². The van der Waals surface area contributed by atoms with Crippen LogP contribution < -0.4 is 16.8 Å². The quantitative estimate of drug-likeness (QED) is 0.740. The maximum Gasteiger partial charge on any atom is 0.250 e. The summed E-state index contributed by atoms with van der Waals surface area (Å²) in [5.41, 5.74) is 12.9. The van der Waals surface area contributed by atoms with Gasteiger partial charge in [-0.15, -0.1) is 11.3 Å². The van der Waals surface area contributed by atoms with Gasteiger partial charge in [0.1, 0.15) is 0 Å². The molecule has 0 unspecified atom stereocenters. The van der Waals surface area contributed by atoms with Gasteiger partial charge in [0.25, 0.3) is 5.91 Å². The second-order valence-electron chi connectivity index (χ2n) is 5.38. The van der Waals surface area contributed by atoms with E-state index in [0.29, 0.717) is 23.5 Å². The van der Waals surface area contributed by atoms with E-state index in [-0.39, 0.29) is 5.41 Å². The summed E-state index contributed by atoms with van der Waals surface area (Å²) >= 11 is 1.72. The van der Waals surface area contributed by atoms with Gasteiger partial charge >= 0.3 is 0 Å². The number of rotatable bonds is 5. The van der Waals surface area contributed by atoms with Crippen LogP contribution in [0.25, 0.3) is 0 Å². The highest BCUT2D eigenvalue weighted by Crippen LogP contribution is 2.28. The van der Waals surface area contributed by atoms with E-state index in [1.807, 2.05) is 6.07 Å². The molecule has 1 heterocycles. The topological polar surface area (TPSA) is 81.1 Å². The molecule has 0 saturated carbocycles. The monoisotopic (exact) mass is 289 g/mol. The van der Waals surface area contributed by atoms with E-state index in [0.717, 1.165) is 0 Å². The molecule has 0 fully saturated rings. The Bertz CT molecular complexity index is 606. The number of primary amides is 1. The molecule has 1 aromatic carbocycles. The van der Waals surface area contributed by atoms with Crippen molar-refractivity contribution in [2.75, 3.05) is 17.6 Å². The molecule has 0 aliphatic carbocycles. The van der Waals surface area contributed by atoms with Crippen molar-refractivity contribution in [1.29, 1.82) is 0 Å². The number of amides is 1. The maximum atomic E-state index is 11.4. The molecule has 0 aliphatic rings. The minimum atomic E-state index is -0.457. The third-order valence-corrected chi connectivity index (χ3v) is 4.45. The summed E-state index contributed by atoms with van der Waals surface area (Å²) in [7, 11) is 0. The zero-order valence-electron chi connectivity index (χ0n) is 11.6. The van der Waals surface area contributed by atoms with Gasteiger partial charge in [-0.05, 0) is 29.6 Å². The molecule has 20 heavy (non-hydrogen) atoms. The first-order chi connectivity index (χ1) is 9.40. The lowest BCUT2D eigenvalue weighted by molar-refractivity contribution is 0.100. The summed E-state index contributed by atoms with van der Waals surface area (Å²) in [6.45, 7) is 5.00. The van der Waals surface area contributed by atoms with E-state index in [2.05, 4.69) is 30.6 Å². The number of nitrogens with two attached hydrogens (primary N) is 2. The summed E-state index contributed by atoms with van der Waals surface area (Å²) in [4.78, 5) is 12.7. The molecule has 0 saturated heterocycles. The van der Waals surface area contributed by atoms with Crippen molar-refractivity contribution in [3.8, 4) is 0 Å². The fourth-order valence-corrected chi connectivity index (χ4v) is 2.84. The molecule has 0 radical (unpaired) electrons. The molecule has 0 atom stereocenters. The third-order valence-electron chi connectivity index (χ3n) is 3.22. The Morgan fingerprint density at radius 3 is 2.70 bits per heavy atom. The van der Waals surface area contributed by atoms with Gasteiger partial charge in [-0.25, -0.2) is 0 Å². The summed E-state index contributed by atoms with van der Waals surface area (Å²) in [5.74, 6) is -0.457. The Morgan fingerprint density at radius 1 is 1.35 bits per heavy atom. The molecule has 1 aromatic heterocycles. The number of hydrogen-bond donors (Lipinski definition) is 3. The zero-order chi connectivity index (χ0) is 14.8. The number of hydrogen-bond acceptors (Lipinski definition) is 4. The van der Waals surface area contributed by atoms with Crippen molar-refractivity contribution in [2.45, 2.75) is 19.3 Å². The van der Waals surface area contributed by atoms with Crippen LogP contribution in [0.3, 0.4) is 0 Å². The average molecular weight is 289 g/mol. The molecule has 0 bridgehead atoms. The first-order valence-electron chi connectivity index (χ1n) is 6.37. The SMILES string of the molecule is CC(C)(CNc1cc(N)ccc1C(N)=O)c1cccs1. The van der Waals surface area contributed by atoms with Gasteiger partial charge in [-0.1, -0.05) is 19.9 Å². The molecule has 106 valence electrons. The number of carbonyl (C=O) groups excluding carboxylic acids is 1. The number of benzene rings is 1. The number of anilines is 2. The largest absolute Gasteiger partial charge is 0.399 e. The van der Waals surface area contributed by atoms with Crippen LogP contribution in [0.4, 0.5) is 11.4 Å². The van der Waals surface area contributed by atoms with Crippen molar-refractivity contribution in [1.82, 2.24) is 0 Å². The van der Waals surface area contributed by atoms with Gasteiger partial charge in [-0.2, -0.15) is 0 Å². The Labute approximate surface area is 122 Å². The van der Waals surface area contributed by atoms with Gasteiger partial charge in [-0.3, -0.25) is 4.79 Å². The average Bonchev–Trinajstić information content (AvgIpc) is 2.90. The second-order valence-corrected chi connectivity index (χ2v) is 6.33. The molecule has 2 rings (SSSR count). The molecule has 4 nitrogen and oxygen atoms in total. The van der Waals surface area contributed by atoms with Crippen molar-refractivity contribution in [3.63, 3.8) is 0 Å². The van der Waals surface area contributed by atoms with E-state index in [4.69, 9.17) is 11.5 Å². The lowest BCUT2D eigenvalue weighted by atomic mass is 9.91. The van der Waals surface area contributed by atoms with E-state index < -0.39 is 5.91 Å². The summed E-state index contributed by atoms with van der Waals surface area (Å²) in [5, 5.41) is 5.35. The zero-order valence-corrected chi connectivity index (χ0v) is 12.5. The fraction of sp³-hybridized carbons (Fsp3) is 0.267. The van der Waals surface area contributed by atoms with Crippen LogP contribution in [-0.2, 0) is 5.41 Å². The van der Waals surface area contributed by atoms with Crippen molar-refractivity contribution in [2.24, 2.45) is 5.73 Å². The maximum absolute atomic E-state index is 11.4. The van der Waals surface area contributed by atoms with Crippen molar-refractivity contribution >= 4 is 28.6 Å². The van der Waals surface area contributed by atoms with Gasteiger partial charge < -0.3 is 16.8 Å². The Kier molecular flexibility index (Phi) is 3.99. The highest BCUT2D eigenvalue weighted by atomic mass is 32.1. The van der Waals surface area contributed by atoms with Crippen LogP contribution in [0.5, 0.6) is 0 Å². The highest BCUT2D eigenvalue weighted by Gasteiger charge is 2.22. The number of nitrogens with one attached hydrogen (secondary N) is 1. The molecule has 1 amide bonds. The van der Waals surface area contributed by atoms with Crippen LogP contribution in [0.15, 0.2) is 35.7 Å². The van der Waals surface area contributed by atoms with E-state index in [9.17, 15) is 4.79 Å². The van der Waals surface area contributed by atoms with E-state index in [1.165, 1.54) is 4.88 Å². The van der Waals surface area contributed by atoms with Crippen LogP contribution in [-0.4, -0.2) is 12.5 Å². The fourth-order valence-electron chi connectivity index (χ4n) is 1.99. The molecule has 5 N–H and O–H groups in total. The van der Waals surface area contributed by atoms with E-state index in [1.54, 1.807) is 29.5 Å². The summed E-state index contributed by atoms with van der Waals surface area (Å²) < 4.78 is 0. The number of carbonyl (C=O) groups is 1. The van der Waals surface area contributed by atoms with Crippen molar-refractivity contribution in [3.05, 3.63) is 46.2 Å². The highest BCUT2D eigenvalue weighted by molar-refractivity contribution is 7.10. The normalized spacial score (nSPS) is 11.3. The summed E-state index contributed by atoms with van der Waals surface area (Å²) in [6, 6.07) is 9.22. The molecule has 2 aromatic rings. The van der Waals surface area contributed by atoms with Crippen LogP contribution in [0.1, 0.15) is 29.1 Å². The van der Waals surface area contributed by atoms with Gasteiger partial charge in [0.05, 0.1) is 5.56 Å². The molecule has 0 spiro atoms. The lowest BCUT2D eigenvalue weighted by Crippen LogP contribution is -2.27. The van der Waals surface area contributed by atoms with Crippen molar-refractivity contribution < 1.29 is 4.79 Å². The number of nitrogen functional groups attached to an aromatic ring is 1. The second kappa shape index (κ2) is 5.54. The van der Waals surface area contributed by atoms with Crippen LogP contribution >= 0.6 is 11.3 Å². The Morgan fingerprint density at radius 2 is 2.10 bits per heavy atom. The first kappa shape index (κ1) is 14.4. The minimum absolute atomic E-state index is 0.0340.